The smallest absolute Gasteiger partial charge is 0.257 e. The highest BCUT2D eigenvalue weighted by atomic mass is 32.2. The van der Waals surface area contributed by atoms with Crippen LogP contribution in [0.1, 0.15) is 16.1 Å². The van der Waals surface area contributed by atoms with E-state index in [1.165, 1.54) is 17.3 Å². The minimum atomic E-state index is -0.0579. The van der Waals surface area contributed by atoms with Gasteiger partial charge in [-0.3, -0.25) is 4.79 Å². The maximum atomic E-state index is 12.2. The SMILES string of the molecule is Cc1ccccc1-c1nc(C)c(CNC(=O)CSc2nc3ccccc3o2)s1. The fourth-order valence-electron chi connectivity index (χ4n) is 2.79. The number of thiazole rings is 1. The van der Waals surface area contributed by atoms with E-state index in [4.69, 9.17) is 4.42 Å². The van der Waals surface area contributed by atoms with Crippen LogP contribution in [-0.2, 0) is 11.3 Å². The van der Waals surface area contributed by atoms with E-state index in [0.29, 0.717) is 11.8 Å². The van der Waals surface area contributed by atoms with E-state index in [2.05, 4.69) is 34.3 Å². The number of aryl methyl sites for hydroxylation is 2. The molecule has 4 rings (SSSR count). The van der Waals surface area contributed by atoms with Crippen LogP contribution in [-0.4, -0.2) is 21.6 Å². The number of rotatable bonds is 6. The number of benzene rings is 2. The van der Waals surface area contributed by atoms with Crippen LogP contribution >= 0.6 is 23.1 Å². The van der Waals surface area contributed by atoms with Gasteiger partial charge in [0, 0.05) is 10.4 Å². The molecule has 0 unspecified atom stereocenters. The summed E-state index contributed by atoms with van der Waals surface area (Å²) >= 11 is 2.92. The van der Waals surface area contributed by atoms with Crippen molar-refractivity contribution in [2.24, 2.45) is 0 Å². The van der Waals surface area contributed by atoms with Gasteiger partial charge in [0.1, 0.15) is 10.5 Å². The van der Waals surface area contributed by atoms with E-state index in [1.54, 1.807) is 11.3 Å². The van der Waals surface area contributed by atoms with E-state index in [9.17, 15) is 4.79 Å². The molecule has 0 spiro atoms. The summed E-state index contributed by atoms with van der Waals surface area (Å²) in [4.78, 5) is 22.3. The summed E-state index contributed by atoms with van der Waals surface area (Å²) in [6, 6.07) is 15.8. The second-order valence-electron chi connectivity index (χ2n) is 6.36. The number of fused-ring (bicyclic) bond motifs is 1. The predicted molar refractivity (Wildman–Crippen MR) is 114 cm³/mol. The predicted octanol–water partition coefficient (Wildman–Crippen LogP) is 4.98. The summed E-state index contributed by atoms with van der Waals surface area (Å²) in [6.07, 6.45) is 0. The van der Waals surface area contributed by atoms with Gasteiger partial charge in [0.2, 0.25) is 5.91 Å². The number of carbonyl (C=O) groups excluding carboxylic acids is 1. The highest BCUT2D eigenvalue weighted by Gasteiger charge is 2.13. The molecule has 2 heterocycles. The first kappa shape index (κ1) is 18.7. The lowest BCUT2D eigenvalue weighted by Crippen LogP contribution is -2.24. The Morgan fingerprint density at radius 2 is 1.89 bits per heavy atom. The van der Waals surface area contributed by atoms with Crippen molar-refractivity contribution in [2.45, 2.75) is 25.6 Å². The number of nitrogens with one attached hydrogen (secondary N) is 1. The van der Waals surface area contributed by atoms with Gasteiger partial charge in [0.25, 0.3) is 5.22 Å². The molecule has 0 bridgehead atoms. The van der Waals surface area contributed by atoms with Crippen molar-refractivity contribution < 1.29 is 9.21 Å². The Balaban J connectivity index is 1.35. The van der Waals surface area contributed by atoms with Crippen molar-refractivity contribution in [2.75, 3.05) is 5.75 Å². The minimum absolute atomic E-state index is 0.0579. The molecule has 0 saturated heterocycles. The normalized spacial score (nSPS) is 11.1. The number of thioether (sulfide) groups is 1. The van der Waals surface area contributed by atoms with Gasteiger partial charge < -0.3 is 9.73 Å². The number of hydrogen-bond donors (Lipinski definition) is 1. The number of oxazole rings is 1. The Morgan fingerprint density at radius 3 is 2.71 bits per heavy atom. The molecule has 4 aromatic rings. The molecule has 0 atom stereocenters. The van der Waals surface area contributed by atoms with Crippen LogP contribution in [0.15, 0.2) is 58.2 Å². The van der Waals surface area contributed by atoms with Crippen LogP contribution in [0.4, 0.5) is 0 Å². The molecule has 0 saturated carbocycles. The molecule has 0 aliphatic rings. The Kier molecular flexibility index (Phi) is 5.45. The lowest BCUT2D eigenvalue weighted by molar-refractivity contribution is -0.118. The average Bonchev–Trinajstić information content (AvgIpc) is 3.28. The van der Waals surface area contributed by atoms with Gasteiger partial charge in [0.15, 0.2) is 5.58 Å². The highest BCUT2D eigenvalue weighted by Crippen LogP contribution is 2.30. The molecule has 28 heavy (non-hydrogen) atoms. The number of hydrogen-bond acceptors (Lipinski definition) is 6. The third-order valence-corrected chi connectivity index (χ3v) is 6.33. The summed E-state index contributed by atoms with van der Waals surface area (Å²) in [7, 11) is 0. The van der Waals surface area contributed by atoms with Crippen LogP contribution in [0.2, 0.25) is 0 Å². The lowest BCUT2D eigenvalue weighted by atomic mass is 10.1. The van der Waals surface area contributed by atoms with Crippen molar-refractivity contribution >= 4 is 40.1 Å². The number of nitrogens with zero attached hydrogens (tertiary/aromatic N) is 2. The monoisotopic (exact) mass is 409 g/mol. The fourth-order valence-corrected chi connectivity index (χ4v) is 4.55. The number of para-hydroxylation sites is 2. The largest absolute Gasteiger partial charge is 0.431 e. The first-order valence-electron chi connectivity index (χ1n) is 8.87. The molecule has 142 valence electrons. The third-order valence-electron chi connectivity index (χ3n) is 4.32. The van der Waals surface area contributed by atoms with Crippen molar-refractivity contribution in [1.29, 1.82) is 0 Å². The maximum absolute atomic E-state index is 12.2. The van der Waals surface area contributed by atoms with E-state index in [0.717, 1.165) is 32.2 Å². The van der Waals surface area contributed by atoms with Crippen molar-refractivity contribution in [1.82, 2.24) is 15.3 Å². The first-order valence-corrected chi connectivity index (χ1v) is 10.7. The molecular formula is C21H19N3O2S2. The molecule has 1 N–H and O–H groups in total. The van der Waals surface area contributed by atoms with Gasteiger partial charge in [0.05, 0.1) is 18.0 Å². The number of carbonyl (C=O) groups is 1. The maximum Gasteiger partial charge on any atom is 0.257 e. The molecule has 2 aromatic heterocycles. The Bertz CT molecular complexity index is 1100. The van der Waals surface area contributed by atoms with Crippen LogP contribution in [0.5, 0.6) is 0 Å². The standard InChI is InChI=1S/C21H19N3O2S2/c1-13-7-3-4-8-15(13)20-23-14(2)18(28-20)11-22-19(25)12-27-21-24-16-9-5-6-10-17(16)26-21/h3-10H,11-12H2,1-2H3,(H,22,25). The average molecular weight is 410 g/mol. The molecule has 0 aliphatic heterocycles. The van der Waals surface area contributed by atoms with E-state index < -0.39 is 0 Å². The van der Waals surface area contributed by atoms with Gasteiger partial charge >= 0.3 is 0 Å². The number of amides is 1. The second kappa shape index (κ2) is 8.16. The van der Waals surface area contributed by atoms with Crippen LogP contribution in [0, 0.1) is 13.8 Å². The van der Waals surface area contributed by atoms with Crippen LogP contribution < -0.4 is 5.32 Å². The molecular weight excluding hydrogens is 390 g/mol. The highest BCUT2D eigenvalue weighted by molar-refractivity contribution is 7.99. The first-order chi connectivity index (χ1) is 13.6. The van der Waals surface area contributed by atoms with Crippen LogP contribution in [0.25, 0.3) is 21.7 Å². The quantitative estimate of drug-likeness (QED) is 0.455. The van der Waals surface area contributed by atoms with Crippen molar-refractivity contribution in [3.63, 3.8) is 0 Å². The molecule has 1 amide bonds. The zero-order valence-electron chi connectivity index (χ0n) is 15.6. The summed E-state index contributed by atoms with van der Waals surface area (Å²) in [5.74, 6) is 0.201. The topological polar surface area (TPSA) is 68.0 Å². The Hall–Kier alpha value is -2.64. The lowest BCUT2D eigenvalue weighted by Gasteiger charge is -2.02. The summed E-state index contributed by atoms with van der Waals surface area (Å²) in [5.41, 5.74) is 4.82. The zero-order chi connectivity index (χ0) is 19.5. The van der Waals surface area contributed by atoms with E-state index >= 15 is 0 Å². The molecule has 5 nitrogen and oxygen atoms in total. The molecule has 0 aliphatic carbocycles. The van der Waals surface area contributed by atoms with Gasteiger partial charge in [-0.25, -0.2) is 9.97 Å². The summed E-state index contributed by atoms with van der Waals surface area (Å²) in [6.45, 7) is 4.53. The van der Waals surface area contributed by atoms with Gasteiger partial charge in [-0.1, -0.05) is 48.2 Å². The third kappa shape index (κ3) is 4.10. The van der Waals surface area contributed by atoms with Gasteiger partial charge in [-0.15, -0.1) is 11.3 Å². The van der Waals surface area contributed by atoms with Crippen molar-refractivity contribution in [3.05, 3.63) is 64.7 Å². The van der Waals surface area contributed by atoms with Crippen molar-refractivity contribution in [3.8, 4) is 10.6 Å². The Morgan fingerprint density at radius 1 is 1.11 bits per heavy atom. The summed E-state index contributed by atoms with van der Waals surface area (Å²) in [5, 5.41) is 4.46. The summed E-state index contributed by atoms with van der Waals surface area (Å²) < 4.78 is 5.63. The minimum Gasteiger partial charge on any atom is -0.431 e. The zero-order valence-corrected chi connectivity index (χ0v) is 17.2. The van der Waals surface area contributed by atoms with E-state index in [1.807, 2.05) is 43.3 Å². The molecule has 0 radical (unpaired) electrons. The molecule has 2 aromatic carbocycles. The molecule has 0 fully saturated rings. The van der Waals surface area contributed by atoms with Gasteiger partial charge in [-0.2, -0.15) is 0 Å². The van der Waals surface area contributed by atoms with Gasteiger partial charge in [-0.05, 0) is 31.5 Å². The second-order valence-corrected chi connectivity index (χ2v) is 8.37. The Labute approximate surface area is 171 Å². The van der Waals surface area contributed by atoms with E-state index in [-0.39, 0.29) is 11.7 Å². The molecule has 7 heteroatoms. The number of aromatic nitrogens is 2. The fraction of sp³-hybridized carbons (Fsp3) is 0.190. The van der Waals surface area contributed by atoms with Crippen LogP contribution in [0.3, 0.4) is 0 Å².